The van der Waals surface area contributed by atoms with Crippen LogP contribution in [-0.2, 0) is 14.3 Å². The van der Waals surface area contributed by atoms with Crippen molar-refractivity contribution in [2.24, 2.45) is 0 Å². The normalized spacial score (nSPS) is 11.8. The summed E-state index contributed by atoms with van der Waals surface area (Å²) >= 11 is 0. The van der Waals surface area contributed by atoms with Crippen molar-refractivity contribution in [1.82, 2.24) is 0 Å². The van der Waals surface area contributed by atoms with Gasteiger partial charge in [0.1, 0.15) is 6.54 Å². The molecule has 0 saturated carbocycles. The summed E-state index contributed by atoms with van der Waals surface area (Å²) in [6.07, 6.45) is 0. The summed E-state index contributed by atoms with van der Waals surface area (Å²) in [7, 11) is 5.71. The molecule has 0 aromatic heterocycles. The molecule has 0 saturated heterocycles. The van der Waals surface area contributed by atoms with Crippen LogP contribution in [0.5, 0.6) is 0 Å². The molecule has 0 atom stereocenters. The molecule has 0 unspecified atom stereocenters. The molecular formula is C9H18ClNO5. The van der Waals surface area contributed by atoms with Crippen LogP contribution in [0.25, 0.3) is 0 Å². The van der Waals surface area contributed by atoms with Gasteiger partial charge in [-0.25, -0.2) is 9.59 Å². The quantitative estimate of drug-likeness (QED) is 0.383. The number of carbonyl (C=O) groups is 2. The Morgan fingerprint density at radius 2 is 1.56 bits per heavy atom. The lowest BCUT2D eigenvalue weighted by atomic mass is 10.1. The number of nitrogens with zero attached hydrogens (tertiary/aromatic N) is 1. The maximum Gasteiger partial charge on any atom is 0.347 e. The van der Waals surface area contributed by atoms with Crippen LogP contribution >= 0.6 is 0 Å². The summed E-state index contributed by atoms with van der Waals surface area (Å²) < 4.78 is 5.49. The third kappa shape index (κ3) is 5.29. The van der Waals surface area contributed by atoms with E-state index in [0.717, 1.165) is 6.92 Å². The second-order valence-electron chi connectivity index (χ2n) is 4.51. The largest absolute Gasteiger partial charge is 1.00 e. The SMILES string of the molecule is CC(OCC[N+](C)(C)C)(C(=O)O)C(=O)O.[Cl-]. The fourth-order valence-corrected chi connectivity index (χ4v) is 0.739. The summed E-state index contributed by atoms with van der Waals surface area (Å²) in [6, 6.07) is 0. The molecule has 0 aromatic carbocycles. The Morgan fingerprint density at radius 3 is 1.81 bits per heavy atom. The van der Waals surface area contributed by atoms with Gasteiger partial charge in [-0.3, -0.25) is 0 Å². The van der Waals surface area contributed by atoms with Crippen molar-refractivity contribution in [3.63, 3.8) is 0 Å². The third-order valence-corrected chi connectivity index (χ3v) is 1.97. The molecule has 7 heteroatoms. The molecule has 6 nitrogen and oxygen atoms in total. The summed E-state index contributed by atoms with van der Waals surface area (Å²) in [5.74, 6) is -2.98. The van der Waals surface area contributed by atoms with Crippen molar-refractivity contribution >= 4 is 11.9 Å². The Morgan fingerprint density at radius 1 is 1.19 bits per heavy atom. The first kappa shape index (κ1) is 17.5. The van der Waals surface area contributed by atoms with E-state index in [4.69, 9.17) is 14.9 Å². The minimum absolute atomic E-state index is 0. The topological polar surface area (TPSA) is 83.8 Å². The fourth-order valence-electron chi connectivity index (χ4n) is 0.739. The number of likely N-dealkylation sites (N-methyl/N-ethyl adjacent to an activating group) is 1. The number of halogens is 1. The van der Waals surface area contributed by atoms with Crippen LogP contribution in [0.3, 0.4) is 0 Å². The predicted octanol–water partition coefficient (Wildman–Crippen LogP) is -3.36. The van der Waals surface area contributed by atoms with E-state index in [2.05, 4.69) is 0 Å². The highest BCUT2D eigenvalue weighted by molar-refractivity contribution is 6.01. The van der Waals surface area contributed by atoms with Gasteiger partial charge in [-0.1, -0.05) is 0 Å². The van der Waals surface area contributed by atoms with Gasteiger partial charge in [0.05, 0.1) is 27.7 Å². The first-order valence-corrected chi connectivity index (χ1v) is 4.51. The molecule has 0 bridgehead atoms. The molecule has 0 radical (unpaired) electrons. The van der Waals surface area contributed by atoms with Gasteiger partial charge >= 0.3 is 11.9 Å². The molecule has 0 aliphatic carbocycles. The lowest BCUT2D eigenvalue weighted by Gasteiger charge is -2.26. The molecule has 0 heterocycles. The zero-order valence-electron chi connectivity index (χ0n) is 9.86. The smallest absolute Gasteiger partial charge is 0.347 e. The first-order chi connectivity index (χ1) is 6.59. The van der Waals surface area contributed by atoms with Crippen LogP contribution in [0.15, 0.2) is 0 Å². The second-order valence-corrected chi connectivity index (χ2v) is 4.51. The lowest BCUT2D eigenvalue weighted by molar-refractivity contribution is -0.870. The van der Waals surface area contributed by atoms with E-state index < -0.39 is 17.5 Å². The lowest BCUT2D eigenvalue weighted by Crippen LogP contribution is -3.00. The molecule has 0 aliphatic rings. The highest BCUT2D eigenvalue weighted by Crippen LogP contribution is 2.11. The highest BCUT2D eigenvalue weighted by atomic mass is 35.5. The second kappa shape index (κ2) is 6.03. The Balaban J connectivity index is 0. The van der Waals surface area contributed by atoms with Gasteiger partial charge in [0.25, 0.3) is 5.60 Å². The molecule has 0 amide bonds. The minimum atomic E-state index is -2.16. The first-order valence-electron chi connectivity index (χ1n) is 4.51. The molecule has 0 aliphatic heterocycles. The van der Waals surface area contributed by atoms with Gasteiger partial charge in [-0.05, 0) is 6.92 Å². The number of hydrogen-bond donors (Lipinski definition) is 2. The Kier molecular flexibility index (Phi) is 6.61. The van der Waals surface area contributed by atoms with Crippen LogP contribution in [0.1, 0.15) is 6.92 Å². The van der Waals surface area contributed by atoms with Crippen molar-refractivity contribution in [2.75, 3.05) is 34.3 Å². The molecule has 0 spiro atoms. The van der Waals surface area contributed by atoms with Crippen molar-refractivity contribution in [3.05, 3.63) is 0 Å². The molecular weight excluding hydrogens is 238 g/mol. The summed E-state index contributed by atoms with van der Waals surface area (Å²) in [5.41, 5.74) is -2.16. The minimum Gasteiger partial charge on any atom is -1.00 e. The number of carboxylic acids is 2. The number of ether oxygens (including phenoxy) is 1. The highest BCUT2D eigenvalue weighted by Gasteiger charge is 2.43. The van der Waals surface area contributed by atoms with E-state index in [9.17, 15) is 9.59 Å². The van der Waals surface area contributed by atoms with E-state index in [0.29, 0.717) is 11.0 Å². The van der Waals surface area contributed by atoms with Gasteiger partial charge in [0.2, 0.25) is 0 Å². The van der Waals surface area contributed by atoms with Gasteiger partial charge in [-0.15, -0.1) is 0 Å². The van der Waals surface area contributed by atoms with E-state index >= 15 is 0 Å². The van der Waals surface area contributed by atoms with Crippen LogP contribution in [0.4, 0.5) is 0 Å². The van der Waals surface area contributed by atoms with Crippen molar-refractivity contribution in [2.45, 2.75) is 12.5 Å². The molecule has 0 rings (SSSR count). The number of aliphatic carboxylic acids is 2. The average Bonchev–Trinajstić information content (AvgIpc) is 2.00. The van der Waals surface area contributed by atoms with E-state index in [1.54, 1.807) is 0 Å². The van der Waals surface area contributed by atoms with Gasteiger partial charge in [0, 0.05) is 0 Å². The monoisotopic (exact) mass is 255 g/mol. The van der Waals surface area contributed by atoms with Crippen LogP contribution in [-0.4, -0.2) is 66.5 Å². The summed E-state index contributed by atoms with van der Waals surface area (Å²) in [6.45, 7) is 1.65. The summed E-state index contributed by atoms with van der Waals surface area (Å²) in [4.78, 5) is 21.4. The number of rotatable bonds is 6. The zero-order chi connectivity index (χ0) is 12.3. The van der Waals surface area contributed by atoms with E-state index in [-0.39, 0.29) is 19.0 Å². The predicted molar refractivity (Wildman–Crippen MR) is 52.5 cm³/mol. The average molecular weight is 256 g/mol. The third-order valence-electron chi connectivity index (χ3n) is 1.97. The molecule has 16 heavy (non-hydrogen) atoms. The fraction of sp³-hybridized carbons (Fsp3) is 0.778. The molecule has 0 aromatic rings. The van der Waals surface area contributed by atoms with Crippen LogP contribution in [0, 0.1) is 0 Å². The van der Waals surface area contributed by atoms with Crippen LogP contribution in [0.2, 0.25) is 0 Å². The molecule has 96 valence electrons. The molecule has 0 fully saturated rings. The Labute approximate surface area is 101 Å². The number of quaternary nitrogens is 1. The maximum absolute atomic E-state index is 10.7. The van der Waals surface area contributed by atoms with E-state index in [1.165, 1.54) is 0 Å². The summed E-state index contributed by atoms with van der Waals surface area (Å²) in [5, 5.41) is 17.4. The standard InChI is InChI=1S/C9H17NO5.ClH/c1-9(7(11)12,8(13)14)15-6-5-10(2,3)4;/h5-6H2,1-4H3,(H-,11,12,13,14);1H. The maximum atomic E-state index is 10.7. The number of hydrogen-bond acceptors (Lipinski definition) is 3. The van der Waals surface area contributed by atoms with Gasteiger partial charge in [-0.2, -0.15) is 0 Å². The van der Waals surface area contributed by atoms with E-state index in [1.807, 2.05) is 21.1 Å². The zero-order valence-corrected chi connectivity index (χ0v) is 10.6. The Bertz CT molecular complexity index is 247. The van der Waals surface area contributed by atoms with Crippen molar-refractivity contribution in [3.8, 4) is 0 Å². The van der Waals surface area contributed by atoms with Crippen LogP contribution < -0.4 is 12.4 Å². The van der Waals surface area contributed by atoms with Crippen molar-refractivity contribution < 1.29 is 41.4 Å². The van der Waals surface area contributed by atoms with Crippen molar-refractivity contribution in [1.29, 1.82) is 0 Å². The number of carboxylic acid groups (broad SMARTS) is 2. The Hall–Kier alpha value is -0.850. The van der Waals surface area contributed by atoms with Gasteiger partial charge < -0.3 is 31.8 Å². The van der Waals surface area contributed by atoms with Gasteiger partial charge in [0.15, 0.2) is 0 Å². The molecule has 2 N–H and O–H groups in total.